The van der Waals surface area contributed by atoms with Gasteiger partial charge in [-0.3, -0.25) is 29.7 Å². The Morgan fingerprint density at radius 3 is 2.33 bits per heavy atom. The number of carbonyl (C=O) groups excluding carboxylic acids is 1. The maximum Gasteiger partial charge on any atom is 0.312 e. The molecule has 13 heteroatoms. The molecular weight excluding hydrogens is 470 g/mol. The fourth-order valence-corrected chi connectivity index (χ4v) is 3.55. The second kappa shape index (κ2) is 9.66. The first-order chi connectivity index (χ1) is 17.1. The average molecular weight is 491 g/mol. The molecular formula is C23H21N7O6. The molecule has 0 saturated heterocycles. The summed E-state index contributed by atoms with van der Waals surface area (Å²) in [4.78, 5) is 34.3. The molecule has 13 nitrogen and oxygen atoms in total. The van der Waals surface area contributed by atoms with Gasteiger partial charge in [-0.15, -0.1) is 0 Å². The number of ether oxygens (including phenoxy) is 1. The SMILES string of the molecule is Cc1ccc(Oc2cc(NC(=O)c3ccn(Cn4nc(C)c([N+](=O)[O-])c4C)n3)cc([N+](=O)[O-])c2)cc1. The van der Waals surface area contributed by atoms with Crippen molar-refractivity contribution in [1.29, 1.82) is 0 Å². The average Bonchev–Trinajstić information content (AvgIpc) is 3.39. The highest BCUT2D eigenvalue weighted by atomic mass is 16.6. The Balaban J connectivity index is 1.52. The van der Waals surface area contributed by atoms with Crippen molar-refractivity contribution >= 4 is 23.0 Å². The van der Waals surface area contributed by atoms with Crippen molar-refractivity contribution in [2.24, 2.45) is 0 Å². The normalized spacial score (nSPS) is 10.8. The third-order valence-corrected chi connectivity index (χ3v) is 5.29. The van der Waals surface area contributed by atoms with Gasteiger partial charge < -0.3 is 10.1 Å². The summed E-state index contributed by atoms with van der Waals surface area (Å²) in [6.45, 7) is 5.10. The van der Waals surface area contributed by atoms with Crippen LogP contribution < -0.4 is 10.1 Å². The van der Waals surface area contributed by atoms with Gasteiger partial charge in [-0.2, -0.15) is 10.2 Å². The van der Waals surface area contributed by atoms with Gasteiger partial charge >= 0.3 is 5.69 Å². The lowest BCUT2D eigenvalue weighted by Gasteiger charge is -2.09. The highest BCUT2D eigenvalue weighted by Gasteiger charge is 2.22. The zero-order valence-corrected chi connectivity index (χ0v) is 19.5. The number of anilines is 1. The summed E-state index contributed by atoms with van der Waals surface area (Å²) >= 11 is 0. The first kappa shape index (κ1) is 24.1. The van der Waals surface area contributed by atoms with Crippen molar-refractivity contribution in [3.63, 3.8) is 0 Å². The Bertz CT molecular complexity index is 1470. The van der Waals surface area contributed by atoms with Crippen LogP contribution in [-0.4, -0.2) is 35.3 Å². The highest BCUT2D eigenvalue weighted by molar-refractivity contribution is 6.03. The molecule has 36 heavy (non-hydrogen) atoms. The molecule has 2 heterocycles. The number of nitro groups is 2. The molecule has 2 aromatic carbocycles. The van der Waals surface area contributed by atoms with E-state index in [0.717, 1.165) is 5.56 Å². The monoisotopic (exact) mass is 491 g/mol. The maximum absolute atomic E-state index is 12.8. The zero-order chi connectivity index (χ0) is 26.0. The summed E-state index contributed by atoms with van der Waals surface area (Å²) < 4.78 is 8.54. The Kier molecular flexibility index (Phi) is 6.46. The Morgan fingerprint density at radius 2 is 1.69 bits per heavy atom. The van der Waals surface area contributed by atoms with Crippen LogP contribution in [0.2, 0.25) is 0 Å². The van der Waals surface area contributed by atoms with Crippen LogP contribution in [0.4, 0.5) is 17.1 Å². The van der Waals surface area contributed by atoms with Crippen LogP contribution in [-0.2, 0) is 6.67 Å². The number of aryl methyl sites for hydroxylation is 2. The molecule has 0 bridgehead atoms. The van der Waals surface area contributed by atoms with Crippen LogP contribution in [0.3, 0.4) is 0 Å². The van der Waals surface area contributed by atoms with Crippen LogP contribution >= 0.6 is 0 Å². The van der Waals surface area contributed by atoms with E-state index in [4.69, 9.17) is 4.74 Å². The van der Waals surface area contributed by atoms with E-state index in [1.165, 1.54) is 39.8 Å². The minimum Gasteiger partial charge on any atom is -0.457 e. The van der Waals surface area contributed by atoms with Crippen LogP contribution in [0.25, 0.3) is 0 Å². The van der Waals surface area contributed by atoms with Crippen molar-refractivity contribution in [2.75, 3.05) is 5.32 Å². The molecule has 0 unspecified atom stereocenters. The summed E-state index contributed by atoms with van der Waals surface area (Å²) in [6.07, 6.45) is 1.52. The topological polar surface area (TPSA) is 160 Å². The summed E-state index contributed by atoms with van der Waals surface area (Å²) in [5.41, 5.74) is 1.53. The number of nitrogens with one attached hydrogen (secondary N) is 1. The highest BCUT2D eigenvalue weighted by Crippen LogP contribution is 2.30. The molecule has 2 aromatic heterocycles. The Labute approximate surface area is 204 Å². The molecule has 4 aromatic rings. The van der Waals surface area contributed by atoms with E-state index < -0.39 is 15.8 Å². The molecule has 4 rings (SSSR count). The number of nitrogens with zero attached hydrogens (tertiary/aromatic N) is 6. The van der Waals surface area contributed by atoms with Crippen molar-refractivity contribution in [3.8, 4) is 11.5 Å². The van der Waals surface area contributed by atoms with Gasteiger partial charge in [0.25, 0.3) is 11.6 Å². The quantitative estimate of drug-likeness (QED) is 0.281. The molecule has 0 aliphatic carbocycles. The zero-order valence-electron chi connectivity index (χ0n) is 19.5. The van der Waals surface area contributed by atoms with Gasteiger partial charge in [0.2, 0.25) is 0 Å². The summed E-state index contributed by atoms with van der Waals surface area (Å²) in [5, 5.41) is 33.6. The van der Waals surface area contributed by atoms with Crippen LogP contribution in [0.5, 0.6) is 11.5 Å². The fraction of sp³-hybridized carbons (Fsp3) is 0.174. The molecule has 0 aliphatic rings. The first-order valence-corrected chi connectivity index (χ1v) is 10.7. The smallest absolute Gasteiger partial charge is 0.312 e. The predicted octanol–water partition coefficient (Wildman–Crippen LogP) is 4.37. The van der Waals surface area contributed by atoms with Crippen molar-refractivity contribution in [3.05, 3.63) is 97.6 Å². The molecule has 0 atom stereocenters. The van der Waals surface area contributed by atoms with Gasteiger partial charge in [0.1, 0.15) is 29.6 Å². The van der Waals surface area contributed by atoms with E-state index in [1.54, 1.807) is 26.0 Å². The summed E-state index contributed by atoms with van der Waals surface area (Å²) in [5.74, 6) is 0.0661. The first-order valence-electron chi connectivity index (χ1n) is 10.7. The number of aromatic nitrogens is 4. The van der Waals surface area contributed by atoms with Crippen molar-refractivity contribution in [1.82, 2.24) is 19.6 Å². The molecule has 0 radical (unpaired) electrons. The van der Waals surface area contributed by atoms with Gasteiger partial charge in [-0.1, -0.05) is 17.7 Å². The van der Waals surface area contributed by atoms with Gasteiger partial charge in [0.05, 0.1) is 21.6 Å². The predicted molar refractivity (Wildman–Crippen MR) is 128 cm³/mol. The van der Waals surface area contributed by atoms with Crippen LogP contribution in [0, 0.1) is 41.0 Å². The van der Waals surface area contributed by atoms with E-state index in [9.17, 15) is 25.0 Å². The van der Waals surface area contributed by atoms with E-state index in [-0.39, 0.29) is 40.9 Å². The number of carbonyl (C=O) groups is 1. The van der Waals surface area contributed by atoms with Crippen LogP contribution in [0.15, 0.2) is 54.7 Å². The third kappa shape index (κ3) is 5.19. The Hall–Kier alpha value is -5.07. The van der Waals surface area contributed by atoms with E-state index in [2.05, 4.69) is 15.5 Å². The molecule has 0 aliphatic heterocycles. The van der Waals surface area contributed by atoms with E-state index in [1.807, 2.05) is 19.1 Å². The number of benzene rings is 2. The number of hydrogen-bond acceptors (Lipinski definition) is 8. The molecule has 0 spiro atoms. The number of nitro benzene ring substituents is 1. The van der Waals surface area contributed by atoms with Crippen molar-refractivity contribution < 1.29 is 19.4 Å². The number of amides is 1. The molecule has 1 N–H and O–H groups in total. The molecule has 1 amide bonds. The van der Waals surface area contributed by atoms with Gasteiger partial charge in [-0.05, 0) is 39.0 Å². The lowest BCUT2D eigenvalue weighted by Crippen LogP contribution is -2.16. The third-order valence-electron chi connectivity index (χ3n) is 5.29. The second-order valence-electron chi connectivity index (χ2n) is 8.00. The van der Waals surface area contributed by atoms with Gasteiger partial charge in [0.15, 0.2) is 5.69 Å². The van der Waals surface area contributed by atoms with Crippen molar-refractivity contribution in [2.45, 2.75) is 27.4 Å². The standard InChI is InChI=1S/C23H21N7O6/c1-14-4-6-19(7-5-14)36-20-11-17(10-18(12-20)29(32)33)24-23(31)21-8-9-27(26-21)13-28-16(3)22(30(34)35)15(2)25-28/h4-12H,13H2,1-3H3,(H,24,31). The number of non-ortho nitro benzene ring substituents is 1. The molecule has 0 saturated carbocycles. The fourth-order valence-electron chi connectivity index (χ4n) is 3.55. The van der Waals surface area contributed by atoms with E-state index in [0.29, 0.717) is 11.4 Å². The van der Waals surface area contributed by atoms with Gasteiger partial charge in [0, 0.05) is 18.3 Å². The maximum atomic E-state index is 12.8. The van der Waals surface area contributed by atoms with Crippen LogP contribution in [0.1, 0.15) is 27.4 Å². The largest absolute Gasteiger partial charge is 0.457 e. The second-order valence-corrected chi connectivity index (χ2v) is 8.00. The lowest BCUT2D eigenvalue weighted by atomic mass is 10.2. The molecule has 0 fully saturated rings. The minimum atomic E-state index is -0.602. The van der Waals surface area contributed by atoms with Gasteiger partial charge in [-0.25, -0.2) is 4.68 Å². The molecule has 184 valence electrons. The Morgan fingerprint density at radius 1 is 0.972 bits per heavy atom. The van der Waals surface area contributed by atoms with E-state index >= 15 is 0 Å². The number of rotatable bonds is 8. The summed E-state index contributed by atoms with van der Waals surface area (Å²) in [7, 11) is 0. The lowest BCUT2D eigenvalue weighted by molar-refractivity contribution is -0.386. The minimum absolute atomic E-state index is 0.0403. The number of hydrogen-bond donors (Lipinski definition) is 1. The summed E-state index contributed by atoms with van der Waals surface area (Å²) in [6, 6.07) is 12.6.